The van der Waals surface area contributed by atoms with Crippen molar-refractivity contribution in [3.63, 3.8) is 0 Å². The highest BCUT2D eigenvalue weighted by molar-refractivity contribution is 6.30. The van der Waals surface area contributed by atoms with Crippen molar-refractivity contribution in [3.8, 4) is 11.4 Å². The van der Waals surface area contributed by atoms with Gasteiger partial charge in [-0.3, -0.25) is 9.69 Å². The molecule has 0 bridgehead atoms. The molecule has 1 aliphatic heterocycles. The van der Waals surface area contributed by atoms with Crippen LogP contribution in [0, 0.1) is 0 Å². The third kappa shape index (κ3) is 4.63. The van der Waals surface area contributed by atoms with E-state index in [-0.39, 0.29) is 18.4 Å². The Morgan fingerprint density at radius 1 is 1.20 bits per heavy atom. The van der Waals surface area contributed by atoms with Crippen LogP contribution in [0.4, 0.5) is 18.9 Å². The molecule has 10 heteroatoms. The largest absolute Gasteiger partial charge is 0.416 e. The van der Waals surface area contributed by atoms with E-state index >= 15 is 0 Å². The normalized spacial score (nSPS) is 15.1. The molecule has 1 fully saturated rings. The van der Waals surface area contributed by atoms with E-state index in [1.807, 2.05) is 11.0 Å². The van der Waals surface area contributed by atoms with Gasteiger partial charge in [-0.05, 0) is 36.4 Å². The predicted octanol–water partition coefficient (Wildman–Crippen LogP) is 4.45. The van der Waals surface area contributed by atoms with Crippen LogP contribution in [0.3, 0.4) is 0 Å². The molecule has 1 aliphatic rings. The van der Waals surface area contributed by atoms with Crippen LogP contribution in [0.5, 0.6) is 0 Å². The molecule has 1 amide bonds. The van der Waals surface area contributed by atoms with Gasteiger partial charge in [-0.15, -0.1) is 0 Å². The number of aromatic nitrogens is 2. The van der Waals surface area contributed by atoms with E-state index in [0.717, 1.165) is 17.7 Å². The van der Waals surface area contributed by atoms with Crippen LogP contribution in [0.25, 0.3) is 11.4 Å². The quantitative estimate of drug-likeness (QED) is 0.640. The number of carbonyl (C=O) groups is 1. The Hall–Kier alpha value is -2.91. The average Bonchev–Trinajstić information content (AvgIpc) is 3.13. The topological polar surface area (TPSA) is 71.3 Å². The standard InChI is InChI=1S/C20H16ClF3N4O2/c21-15-3-1-2-12(8-15)18-26-19(30-27-18)13-9-28(10-13)11-17(29)25-16-6-4-14(5-7-16)20(22,23)24/h1-8,13H,9-11H2,(H,25,29). The van der Waals surface area contributed by atoms with Crippen LogP contribution < -0.4 is 5.32 Å². The summed E-state index contributed by atoms with van der Waals surface area (Å²) in [5.41, 5.74) is 0.306. The number of anilines is 1. The lowest BCUT2D eigenvalue weighted by molar-refractivity contribution is -0.137. The second-order valence-electron chi connectivity index (χ2n) is 6.98. The number of rotatable bonds is 5. The minimum absolute atomic E-state index is 0.0179. The molecule has 0 atom stereocenters. The Morgan fingerprint density at radius 2 is 1.93 bits per heavy atom. The SMILES string of the molecule is O=C(CN1CC(c2nc(-c3cccc(Cl)c3)no2)C1)Nc1ccc(C(F)(F)F)cc1. The number of hydrogen-bond donors (Lipinski definition) is 1. The maximum atomic E-state index is 12.6. The smallest absolute Gasteiger partial charge is 0.339 e. The summed E-state index contributed by atoms with van der Waals surface area (Å²) in [6.07, 6.45) is -4.41. The van der Waals surface area contributed by atoms with Gasteiger partial charge in [-0.1, -0.05) is 28.9 Å². The zero-order valence-electron chi connectivity index (χ0n) is 15.5. The Kier molecular flexibility index (Phi) is 5.48. The van der Waals surface area contributed by atoms with Crippen molar-refractivity contribution in [2.24, 2.45) is 0 Å². The van der Waals surface area contributed by atoms with E-state index in [0.29, 0.717) is 35.5 Å². The average molecular weight is 437 g/mol. The van der Waals surface area contributed by atoms with Gasteiger partial charge in [0.05, 0.1) is 18.0 Å². The molecule has 0 saturated carbocycles. The van der Waals surface area contributed by atoms with Crippen molar-refractivity contribution in [1.29, 1.82) is 0 Å². The highest BCUT2D eigenvalue weighted by Crippen LogP contribution is 2.30. The van der Waals surface area contributed by atoms with E-state index in [4.69, 9.17) is 16.1 Å². The maximum Gasteiger partial charge on any atom is 0.416 e. The molecule has 3 aromatic rings. The fraction of sp³-hybridized carbons (Fsp3) is 0.250. The van der Waals surface area contributed by atoms with Gasteiger partial charge in [-0.25, -0.2) is 0 Å². The summed E-state index contributed by atoms with van der Waals surface area (Å²) >= 11 is 5.98. The van der Waals surface area contributed by atoms with Gasteiger partial charge >= 0.3 is 6.18 Å². The first-order valence-electron chi connectivity index (χ1n) is 9.07. The molecular weight excluding hydrogens is 421 g/mol. The first kappa shape index (κ1) is 20.4. The fourth-order valence-corrected chi connectivity index (χ4v) is 3.34. The minimum atomic E-state index is -4.41. The number of nitrogens with one attached hydrogen (secondary N) is 1. The summed E-state index contributed by atoms with van der Waals surface area (Å²) < 4.78 is 43.1. The molecule has 1 N–H and O–H groups in total. The number of nitrogens with zero attached hydrogens (tertiary/aromatic N) is 3. The molecule has 0 spiro atoms. The molecule has 0 radical (unpaired) electrons. The second-order valence-corrected chi connectivity index (χ2v) is 7.42. The van der Waals surface area contributed by atoms with E-state index in [1.165, 1.54) is 12.1 Å². The van der Waals surface area contributed by atoms with Gasteiger partial charge in [0.1, 0.15) is 0 Å². The van der Waals surface area contributed by atoms with Gasteiger partial charge in [0, 0.05) is 29.4 Å². The van der Waals surface area contributed by atoms with Gasteiger partial charge in [-0.2, -0.15) is 18.2 Å². The van der Waals surface area contributed by atoms with Crippen molar-refractivity contribution >= 4 is 23.2 Å². The Balaban J connectivity index is 1.27. The zero-order valence-corrected chi connectivity index (χ0v) is 16.2. The third-order valence-electron chi connectivity index (χ3n) is 4.69. The summed E-state index contributed by atoms with van der Waals surface area (Å²) in [7, 11) is 0. The van der Waals surface area contributed by atoms with Crippen molar-refractivity contribution in [3.05, 3.63) is 65.0 Å². The third-order valence-corrected chi connectivity index (χ3v) is 4.93. The molecule has 30 heavy (non-hydrogen) atoms. The van der Waals surface area contributed by atoms with Crippen LogP contribution in [0.15, 0.2) is 53.1 Å². The maximum absolute atomic E-state index is 12.6. The summed E-state index contributed by atoms with van der Waals surface area (Å²) in [6, 6.07) is 11.5. The molecule has 4 rings (SSSR count). The van der Waals surface area contributed by atoms with Gasteiger partial charge in [0.25, 0.3) is 0 Å². The molecule has 2 heterocycles. The molecular formula is C20H16ClF3N4O2. The van der Waals surface area contributed by atoms with Crippen molar-refractivity contribution in [2.75, 3.05) is 25.0 Å². The molecule has 156 valence electrons. The molecule has 6 nitrogen and oxygen atoms in total. The number of carbonyl (C=O) groups excluding carboxylic acids is 1. The van der Waals surface area contributed by atoms with Crippen molar-refractivity contribution in [1.82, 2.24) is 15.0 Å². The molecule has 2 aromatic carbocycles. The monoisotopic (exact) mass is 436 g/mol. The number of alkyl halides is 3. The molecule has 1 aromatic heterocycles. The minimum Gasteiger partial charge on any atom is -0.339 e. The van der Waals surface area contributed by atoms with E-state index < -0.39 is 11.7 Å². The van der Waals surface area contributed by atoms with Crippen LogP contribution in [0.2, 0.25) is 5.02 Å². The van der Waals surface area contributed by atoms with E-state index in [1.54, 1.807) is 18.2 Å². The molecule has 0 aliphatic carbocycles. The lowest BCUT2D eigenvalue weighted by Crippen LogP contribution is -2.48. The highest BCUT2D eigenvalue weighted by atomic mass is 35.5. The lowest BCUT2D eigenvalue weighted by atomic mass is 10.0. The highest BCUT2D eigenvalue weighted by Gasteiger charge is 2.34. The molecule has 1 saturated heterocycles. The van der Waals surface area contributed by atoms with Crippen molar-refractivity contribution < 1.29 is 22.5 Å². The van der Waals surface area contributed by atoms with E-state index in [2.05, 4.69) is 15.5 Å². The Bertz CT molecular complexity index is 1050. The van der Waals surface area contributed by atoms with Gasteiger partial charge in [0.2, 0.25) is 17.6 Å². The number of hydrogen-bond acceptors (Lipinski definition) is 5. The van der Waals surface area contributed by atoms with Crippen LogP contribution in [-0.4, -0.2) is 40.6 Å². The Labute approximate surface area is 174 Å². The van der Waals surface area contributed by atoms with Gasteiger partial charge in [0.15, 0.2) is 0 Å². The number of benzene rings is 2. The first-order chi connectivity index (χ1) is 14.3. The van der Waals surface area contributed by atoms with Crippen LogP contribution in [-0.2, 0) is 11.0 Å². The van der Waals surface area contributed by atoms with Crippen LogP contribution >= 0.6 is 11.6 Å². The Morgan fingerprint density at radius 3 is 2.60 bits per heavy atom. The van der Waals surface area contributed by atoms with Gasteiger partial charge < -0.3 is 9.84 Å². The summed E-state index contributed by atoms with van der Waals surface area (Å²) in [5, 5.41) is 7.14. The van der Waals surface area contributed by atoms with Crippen LogP contribution in [0.1, 0.15) is 17.4 Å². The van der Waals surface area contributed by atoms with E-state index in [9.17, 15) is 18.0 Å². The first-order valence-corrected chi connectivity index (χ1v) is 9.45. The molecule has 0 unspecified atom stereocenters. The summed E-state index contributed by atoms with van der Waals surface area (Å²) in [6.45, 7) is 1.25. The summed E-state index contributed by atoms with van der Waals surface area (Å²) in [4.78, 5) is 18.4. The fourth-order valence-electron chi connectivity index (χ4n) is 3.15. The lowest BCUT2D eigenvalue weighted by Gasteiger charge is -2.36. The van der Waals surface area contributed by atoms with Crippen molar-refractivity contribution in [2.45, 2.75) is 12.1 Å². The second kappa shape index (κ2) is 8.08. The zero-order chi connectivity index (χ0) is 21.3. The number of amides is 1. The summed E-state index contributed by atoms with van der Waals surface area (Å²) in [5.74, 6) is 0.651. The predicted molar refractivity (Wildman–Crippen MR) is 104 cm³/mol. The number of likely N-dealkylation sites (tertiary alicyclic amines) is 1. The number of halogens is 4.